The van der Waals surface area contributed by atoms with Crippen molar-refractivity contribution in [2.45, 2.75) is 51.8 Å². The zero-order chi connectivity index (χ0) is 24.8. The largest absolute Gasteiger partial charge is 0.461 e. The Hall–Kier alpha value is -2.81. The van der Waals surface area contributed by atoms with Gasteiger partial charge in [-0.15, -0.1) is 0 Å². The van der Waals surface area contributed by atoms with E-state index in [1.165, 1.54) is 20.8 Å². The van der Waals surface area contributed by atoms with Crippen molar-refractivity contribution in [3.05, 3.63) is 63.6 Å². The first-order chi connectivity index (χ1) is 16.1. The van der Waals surface area contributed by atoms with Gasteiger partial charge < -0.3 is 23.7 Å². The zero-order valence-corrected chi connectivity index (χ0v) is 20.3. The van der Waals surface area contributed by atoms with E-state index in [1.807, 2.05) is 18.2 Å². The van der Waals surface area contributed by atoms with Gasteiger partial charge in [0.15, 0.2) is 12.2 Å². The van der Waals surface area contributed by atoms with Gasteiger partial charge in [0.05, 0.1) is 6.61 Å². The first kappa shape index (κ1) is 25.8. The highest BCUT2D eigenvalue weighted by Gasteiger charge is 2.48. The molecule has 0 radical (unpaired) electrons. The van der Waals surface area contributed by atoms with Crippen LogP contribution in [0.1, 0.15) is 31.9 Å². The van der Waals surface area contributed by atoms with Gasteiger partial charge in [-0.3, -0.25) is 14.4 Å². The normalized spacial score (nSPS) is 21.9. The van der Waals surface area contributed by atoms with Crippen LogP contribution in [0.5, 0.6) is 5.75 Å². The van der Waals surface area contributed by atoms with Crippen LogP contribution < -0.4 is 4.74 Å². The Morgan fingerprint density at radius 3 is 2.09 bits per heavy atom. The van der Waals surface area contributed by atoms with Gasteiger partial charge in [-0.1, -0.05) is 41.4 Å². The van der Waals surface area contributed by atoms with Gasteiger partial charge in [-0.2, -0.15) is 0 Å². The topological polar surface area (TPSA) is 97.4 Å². The van der Waals surface area contributed by atoms with Gasteiger partial charge in [-0.05, 0) is 41.8 Å². The van der Waals surface area contributed by atoms with Crippen LogP contribution in [0.25, 0.3) is 0 Å². The lowest BCUT2D eigenvalue weighted by Gasteiger charge is -2.40. The summed E-state index contributed by atoms with van der Waals surface area (Å²) in [4.78, 5) is 34.9. The summed E-state index contributed by atoms with van der Waals surface area (Å²) in [5, 5.41) is 1.14. The van der Waals surface area contributed by atoms with Crippen molar-refractivity contribution in [1.82, 2.24) is 0 Å². The zero-order valence-electron chi connectivity index (χ0n) is 18.8. The molecule has 182 valence electrons. The average molecular weight is 511 g/mol. The van der Waals surface area contributed by atoms with Crippen LogP contribution in [0, 0.1) is 0 Å². The summed E-state index contributed by atoms with van der Waals surface area (Å²) < 4.78 is 27.4. The predicted octanol–water partition coefficient (Wildman–Crippen LogP) is 4.11. The number of rotatable bonds is 7. The van der Waals surface area contributed by atoms with Gasteiger partial charge in [0.1, 0.15) is 5.75 Å². The molecular formula is C24H24Cl2O8. The van der Waals surface area contributed by atoms with E-state index in [4.69, 9.17) is 46.9 Å². The predicted molar refractivity (Wildman–Crippen MR) is 123 cm³/mol. The van der Waals surface area contributed by atoms with Crippen LogP contribution in [0.15, 0.2) is 42.5 Å². The Bertz CT molecular complexity index is 1040. The fourth-order valence-electron chi connectivity index (χ4n) is 3.51. The molecule has 0 bridgehead atoms. The van der Waals surface area contributed by atoms with Gasteiger partial charge in [0, 0.05) is 30.8 Å². The maximum absolute atomic E-state index is 11.7. The molecule has 0 spiro atoms. The molecule has 1 fully saturated rings. The Balaban J connectivity index is 1.75. The Morgan fingerprint density at radius 1 is 0.882 bits per heavy atom. The van der Waals surface area contributed by atoms with E-state index in [9.17, 15) is 14.4 Å². The quantitative estimate of drug-likeness (QED) is 0.405. The first-order valence-electron chi connectivity index (χ1n) is 10.4. The van der Waals surface area contributed by atoms with Crippen molar-refractivity contribution in [3.63, 3.8) is 0 Å². The Kier molecular flexibility index (Phi) is 8.77. The molecule has 0 amide bonds. The third-order valence-electron chi connectivity index (χ3n) is 4.89. The molecule has 1 saturated heterocycles. The number of hydrogen-bond acceptors (Lipinski definition) is 8. The number of ether oxygens (including phenoxy) is 5. The Morgan fingerprint density at radius 2 is 1.50 bits per heavy atom. The van der Waals surface area contributed by atoms with Gasteiger partial charge >= 0.3 is 17.9 Å². The lowest BCUT2D eigenvalue weighted by Crippen LogP contribution is -2.59. The smallest absolute Gasteiger partial charge is 0.303 e. The third-order valence-corrected chi connectivity index (χ3v) is 5.48. The van der Waals surface area contributed by atoms with Crippen molar-refractivity contribution in [2.24, 2.45) is 0 Å². The highest BCUT2D eigenvalue weighted by molar-refractivity contribution is 6.35. The van der Waals surface area contributed by atoms with E-state index in [2.05, 4.69) is 0 Å². The van der Waals surface area contributed by atoms with E-state index >= 15 is 0 Å². The van der Waals surface area contributed by atoms with Crippen LogP contribution in [-0.4, -0.2) is 49.1 Å². The molecule has 8 nitrogen and oxygen atoms in total. The summed E-state index contributed by atoms with van der Waals surface area (Å²) in [6, 6.07) is 12.5. The summed E-state index contributed by atoms with van der Waals surface area (Å²) in [5.41, 5.74) is 1.90. The molecule has 3 rings (SSSR count). The number of halogens is 2. The molecule has 0 N–H and O–H groups in total. The van der Waals surface area contributed by atoms with E-state index in [0.29, 0.717) is 22.2 Å². The molecule has 34 heavy (non-hydrogen) atoms. The first-order valence-corrected chi connectivity index (χ1v) is 11.2. The molecular weight excluding hydrogens is 487 g/mol. The van der Waals surface area contributed by atoms with Crippen molar-refractivity contribution in [2.75, 3.05) is 6.61 Å². The van der Waals surface area contributed by atoms with Crippen molar-refractivity contribution >= 4 is 41.1 Å². The number of carbonyl (C=O) groups excluding carboxylic acids is 3. The second kappa shape index (κ2) is 11.6. The second-order valence-corrected chi connectivity index (χ2v) is 8.52. The summed E-state index contributed by atoms with van der Waals surface area (Å²) in [7, 11) is 0. The van der Waals surface area contributed by atoms with E-state index in [1.54, 1.807) is 24.3 Å². The van der Waals surface area contributed by atoms with Gasteiger partial charge in [-0.25, -0.2) is 0 Å². The van der Waals surface area contributed by atoms with E-state index in [0.717, 1.165) is 11.1 Å². The van der Waals surface area contributed by atoms with Crippen LogP contribution in [0.4, 0.5) is 0 Å². The summed E-state index contributed by atoms with van der Waals surface area (Å²) in [5.74, 6) is -1.44. The number of benzene rings is 2. The standard InChI is InChI=1S/C24H24Cl2O8/c1-13(27)31-21-12-30-24(23(33-15(3)29)22(21)32-14(2)28)34-19-8-4-16(5-9-19)10-17-6-7-18(25)11-20(17)26/h4-9,11,21-24H,10,12H2,1-3H3/t21-,22+,23-,24+/m1/s1. The van der Waals surface area contributed by atoms with Gasteiger partial charge in [0.25, 0.3) is 0 Å². The minimum Gasteiger partial charge on any atom is -0.461 e. The molecule has 1 heterocycles. The Labute approximate surface area is 207 Å². The average Bonchev–Trinajstić information content (AvgIpc) is 2.74. The van der Waals surface area contributed by atoms with Crippen LogP contribution >= 0.6 is 23.2 Å². The second-order valence-electron chi connectivity index (χ2n) is 7.67. The molecule has 1 aliphatic rings. The summed E-state index contributed by atoms with van der Waals surface area (Å²) in [6.07, 6.45) is -3.73. The fourth-order valence-corrected chi connectivity index (χ4v) is 3.99. The monoisotopic (exact) mass is 510 g/mol. The van der Waals surface area contributed by atoms with E-state index < -0.39 is 42.5 Å². The number of esters is 3. The maximum Gasteiger partial charge on any atom is 0.303 e. The fraction of sp³-hybridized carbons (Fsp3) is 0.375. The molecule has 2 aromatic rings. The molecule has 2 aromatic carbocycles. The maximum atomic E-state index is 11.7. The van der Waals surface area contributed by atoms with Crippen molar-refractivity contribution < 1.29 is 38.1 Å². The third kappa shape index (κ3) is 7.09. The highest BCUT2D eigenvalue weighted by Crippen LogP contribution is 2.28. The summed E-state index contributed by atoms with van der Waals surface area (Å²) >= 11 is 12.2. The molecule has 0 aliphatic carbocycles. The minimum absolute atomic E-state index is 0.118. The molecule has 10 heteroatoms. The molecule has 0 saturated carbocycles. The summed E-state index contributed by atoms with van der Waals surface area (Å²) in [6.45, 7) is 3.50. The SMILES string of the molecule is CC(=O)O[C@@H]1[C@@H](OC(C)=O)[C@H](Oc2ccc(Cc3ccc(Cl)cc3Cl)cc2)OC[C@H]1OC(C)=O. The van der Waals surface area contributed by atoms with E-state index in [-0.39, 0.29) is 6.61 Å². The van der Waals surface area contributed by atoms with Crippen molar-refractivity contribution in [1.29, 1.82) is 0 Å². The highest BCUT2D eigenvalue weighted by atomic mass is 35.5. The van der Waals surface area contributed by atoms with Crippen molar-refractivity contribution in [3.8, 4) is 5.75 Å². The lowest BCUT2D eigenvalue weighted by atomic mass is 10.0. The molecule has 1 aliphatic heterocycles. The number of carbonyl (C=O) groups is 3. The van der Waals surface area contributed by atoms with Crippen LogP contribution in [0.3, 0.4) is 0 Å². The lowest BCUT2D eigenvalue weighted by molar-refractivity contribution is -0.259. The molecule has 0 unspecified atom stereocenters. The number of hydrogen-bond donors (Lipinski definition) is 0. The molecule has 0 aromatic heterocycles. The van der Waals surface area contributed by atoms with Crippen LogP contribution in [-0.2, 0) is 39.8 Å². The van der Waals surface area contributed by atoms with Crippen LogP contribution in [0.2, 0.25) is 10.0 Å². The minimum atomic E-state index is -1.16. The molecule has 4 atom stereocenters. The van der Waals surface area contributed by atoms with Gasteiger partial charge in [0.2, 0.25) is 12.4 Å².